The van der Waals surface area contributed by atoms with Crippen molar-refractivity contribution >= 4 is 33.9 Å². The molecule has 1 aromatic heterocycles. The Hall–Kier alpha value is -4.97. The van der Waals surface area contributed by atoms with Crippen molar-refractivity contribution in [3.05, 3.63) is 98.1 Å². The van der Waals surface area contributed by atoms with E-state index in [0.29, 0.717) is 24.5 Å². The standard InChI is InChI=1S/C32H32FN5O6/c33-25-18-23-28(31(40)29(25)36-16-14-35(15-17-36)26-6-2-3-7-27(26)38(43)44)37(20-24(30(23)39)32(41)42)22-10-8-21(9-11-22)19-34-12-4-1-5-13-34/h2-3,6-11,18,20,40H,1,4-5,12-17,19H2,(H,41,42). The summed E-state index contributed by atoms with van der Waals surface area (Å²) < 4.78 is 17.1. The third-order valence-corrected chi connectivity index (χ3v) is 8.50. The summed E-state index contributed by atoms with van der Waals surface area (Å²) in [6.45, 7) is 3.98. The van der Waals surface area contributed by atoms with E-state index in [0.717, 1.165) is 31.3 Å². The van der Waals surface area contributed by atoms with Crippen molar-refractivity contribution in [1.29, 1.82) is 0 Å². The number of benzene rings is 3. The van der Waals surface area contributed by atoms with E-state index in [1.54, 1.807) is 35.2 Å². The predicted octanol–water partition coefficient (Wildman–Crippen LogP) is 4.75. The summed E-state index contributed by atoms with van der Waals surface area (Å²) in [5, 5.41) is 32.6. The minimum absolute atomic E-state index is 0.00121. The summed E-state index contributed by atoms with van der Waals surface area (Å²) in [6.07, 6.45) is 4.73. The molecule has 0 unspecified atom stereocenters. The normalized spacial score (nSPS) is 15.9. The lowest BCUT2D eigenvalue weighted by molar-refractivity contribution is -0.384. The number of nitro groups is 1. The van der Waals surface area contributed by atoms with Crippen molar-refractivity contribution in [2.75, 3.05) is 49.1 Å². The first-order valence-corrected chi connectivity index (χ1v) is 14.6. The number of carbonyl (C=O) groups is 1. The average Bonchev–Trinajstić information content (AvgIpc) is 3.02. The summed E-state index contributed by atoms with van der Waals surface area (Å²) in [6, 6.07) is 14.8. The quantitative estimate of drug-likeness (QED) is 0.227. The molecule has 0 spiro atoms. The van der Waals surface area contributed by atoms with Crippen LogP contribution in [-0.4, -0.2) is 69.8 Å². The highest BCUT2D eigenvalue weighted by atomic mass is 19.1. The second kappa shape index (κ2) is 12.0. The van der Waals surface area contributed by atoms with Crippen LogP contribution in [0.15, 0.2) is 65.6 Å². The van der Waals surface area contributed by atoms with Crippen LogP contribution >= 0.6 is 0 Å². The number of hydrogen-bond donors (Lipinski definition) is 2. The zero-order valence-electron chi connectivity index (χ0n) is 24.0. The summed E-state index contributed by atoms with van der Waals surface area (Å²) in [5.74, 6) is -2.80. The topological polar surface area (TPSA) is 132 Å². The first-order chi connectivity index (χ1) is 21.2. The number of aromatic carboxylic acids is 1. The number of hydrogen-bond acceptors (Lipinski definition) is 8. The van der Waals surface area contributed by atoms with Gasteiger partial charge in [-0.15, -0.1) is 0 Å². The lowest BCUT2D eigenvalue weighted by Gasteiger charge is -2.37. The lowest BCUT2D eigenvalue weighted by Crippen LogP contribution is -2.47. The zero-order valence-corrected chi connectivity index (χ0v) is 24.0. The molecule has 0 atom stereocenters. The molecule has 11 nitrogen and oxygen atoms in total. The number of aromatic nitrogens is 1. The fourth-order valence-electron chi connectivity index (χ4n) is 6.28. The van der Waals surface area contributed by atoms with E-state index in [9.17, 15) is 29.9 Å². The number of para-hydroxylation sites is 2. The minimum atomic E-state index is -1.46. The molecule has 0 amide bonds. The molecule has 4 aromatic rings. The van der Waals surface area contributed by atoms with Crippen LogP contribution in [0.3, 0.4) is 0 Å². The number of pyridine rings is 1. The third kappa shape index (κ3) is 5.44. The van der Waals surface area contributed by atoms with Crippen LogP contribution in [0, 0.1) is 15.9 Å². The Balaban J connectivity index is 1.37. The Kier molecular flexibility index (Phi) is 7.92. The third-order valence-electron chi connectivity index (χ3n) is 8.50. The fourth-order valence-corrected chi connectivity index (χ4v) is 6.28. The molecular formula is C32H32FN5O6. The number of carboxylic acid groups (broad SMARTS) is 1. The maximum absolute atomic E-state index is 15.7. The molecule has 3 aromatic carbocycles. The second-order valence-corrected chi connectivity index (χ2v) is 11.2. The molecule has 2 aliphatic heterocycles. The molecule has 44 heavy (non-hydrogen) atoms. The molecule has 0 saturated carbocycles. The summed E-state index contributed by atoms with van der Waals surface area (Å²) >= 11 is 0. The average molecular weight is 602 g/mol. The van der Waals surface area contributed by atoms with Crippen LogP contribution in [0.4, 0.5) is 21.5 Å². The van der Waals surface area contributed by atoms with Crippen molar-refractivity contribution in [2.24, 2.45) is 0 Å². The molecule has 12 heteroatoms. The number of rotatable bonds is 7. The number of aromatic hydroxyl groups is 1. The van der Waals surface area contributed by atoms with E-state index in [4.69, 9.17) is 0 Å². The van der Waals surface area contributed by atoms with Crippen molar-refractivity contribution in [2.45, 2.75) is 25.8 Å². The highest BCUT2D eigenvalue weighted by molar-refractivity contribution is 5.97. The van der Waals surface area contributed by atoms with Crippen LogP contribution in [-0.2, 0) is 6.54 Å². The molecule has 3 heterocycles. The maximum atomic E-state index is 15.7. The molecule has 0 aliphatic carbocycles. The van der Waals surface area contributed by atoms with Crippen molar-refractivity contribution < 1.29 is 24.3 Å². The van der Waals surface area contributed by atoms with Gasteiger partial charge < -0.3 is 24.6 Å². The van der Waals surface area contributed by atoms with Crippen LogP contribution in [0.25, 0.3) is 16.6 Å². The number of halogens is 1. The summed E-state index contributed by atoms with van der Waals surface area (Å²) in [4.78, 5) is 42.1. The molecule has 2 N–H and O–H groups in total. The van der Waals surface area contributed by atoms with Gasteiger partial charge in [0.2, 0.25) is 5.43 Å². The smallest absolute Gasteiger partial charge is 0.341 e. The molecule has 2 fully saturated rings. The van der Waals surface area contributed by atoms with Gasteiger partial charge in [-0.3, -0.25) is 19.8 Å². The van der Waals surface area contributed by atoms with Gasteiger partial charge in [0.15, 0.2) is 11.6 Å². The van der Waals surface area contributed by atoms with Gasteiger partial charge in [-0.05, 0) is 55.8 Å². The summed E-state index contributed by atoms with van der Waals surface area (Å²) in [7, 11) is 0. The summed E-state index contributed by atoms with van der Waals surface area (Å²) in [5.41, 5.74) is 0.465. The van der Waals surface area contributed by atoms with Crippen LogP contribution in [0.2, 0.25) is 0 Å². The fraction of sp³-hybridized carbons (Fsp3) is 0.312. The molecule has 2 saturated heterocycles. The molecule has 6 rings (SSSR count). The largest absolute Gasteiger partial charge is 0.504 e. The molecule has 0 radical (unpaired) electrons. The van der Waals surface area contributed by atoms with Gasteiger partial charge in [-0.1, -0.05) is 30.7 Å². The van der Waals surface area contributed by atoms with Crippen molar-refractivity contribution in [3.8, 4) is 11.4 Å². The number of phenolic OH excluding ortho intramolecular Hbond substituents is 1. The van der Waals surface area contributed by atoms with E-state index < -0.39 is 33.5 Å². The number of likely N-dealkylation sites (tertiary alicyclic amines) is 1. The van der Waals surface area contributed by atoms with E-state index in [2.05, 4.69) is 4.90 Å². The zero-order chi connectivity index (χ0) is 31.0. The van der Waals surface area contributed by atoms with Crippen molar-refractivity contribution in [1.82, 2.24) is 9.47 Å². The van der Waals surface area contributed by atoms with Gasteiger partial charge in [-0.25, -0.2) is 9.18 Å². The number of piperidine rings is 1. The Morgan fingerprint density at radius 2 is 1.59 bits per heavy atom. The Bertz CT molecular complexity index is 1790. The molecular weight excluding hydrogens is 569 g/mol. The number of anilines is 2. The number of phenols is 1. The van der Waals surface area contributed by atoms with Gasteiger partial charge >= 0.3 is 5.97 Å². The molecule has 0 bridgehead atoms. The van der Waals surface area contributed by atoms with Gasteiger partial charge in [0.25, 0.3) is 5.69 Å². The highest BCUT2D eigenvalue weighted by Crippen LogP contribution is 2.39. The van der Waals surface area contributed by atoms with E-state index >= 15 is 4.39 Å². The first-order valence-electron chi connectivity index (χ1n) is 14.6. The maximum Gasteiger partial charge on any atom is 0.341 e. The predicted molar refractivity (Wildman–Crippen MR) is 165 cm³/mol. The number of nitro benzene ring substituents is 1. The van der Waals surface area contributed by atoms with Crippen LogP contribution in [0.1, 0.15) is 35.2 Å². The van der Waals surface area contributed by atoms with Gasteiger partial charge in [0.1, 0.15) is 22.5 Å². The monoisotopic (exact) mass is 601 g/mol. The minimum Gasteiger partial charge on any atom is -0.504 e. The molecule has 2 aliphatic rings. The number of piperazine rings is 1. The van der Waals surface area contributed by atoms with Crippen LogP contribution < -0.4 is 15.2 Å². The van der Waals surface area contributed by atoms with E-state index in [-0.39, 0.29) is 35.4 Å². The van der Waals surface area contributed by atoms with Crippen LogP contribution in [0.5, 0.6) is 5.75 Å². The number of fused-ring (bicyclic) bond motifs is 1. The Labute approximate surface area is 252 Å². The highest BCUT2D eigenvalue weighted by Gasteiger charge is 2.29. The van der Waals surface area contributed by atoms with Gasteiger partial charge in [0.05, 0.1) is 10.3 Å². The molecule has 228 valence electrons. The lowest BCUT2D eigenvalue weighted by atomic mass is 10.1. The Morgan fingerprint density at radius 1 is 0.932 bits per heavy atom. The Morgan fingerprint density at radius 3 is 2.25 bits per heavy atom. The number of carboxylic acids is 1. The SMILES string of the molecule is O=C(O)c1cn(-c2ccc(CN3CCCCC3)cc2)c2c(O)c(N3CCN(c4ccccc4[N+](=O)[O-])CC3)c(F)cc2c1=O. The second-order valence-electron chi connectivity index (χ2n) is 11.2. The van der Waals surface area contributed by atoms with E-state index in [1.807, 2.05) is 17.0 Å². The van der Waals surface area contributed by atoms with Gasteiger partial charge in [0, 0.05) is 50.7 Å². The first kappa shape index (κ1) is 29.1. The van der Waals surface area contributed by atoms with E-state index in [1.165, 1.54) is 36.1 Å². The van der Waals surface area contributed by atoms with Gasteiger partial charge in [-0.2, -0.15) is 0 Å². The number of nitrogens with zero attached hydrogens (tertiary/aromatic N) is 5. The van der Waals surface area contributed by atoms with Crippen molar-refractivity contribution in [3.63, 3.8) is 0 Å².